The molecule has 0 bridgehead atoms. The summed E-state index contributed by atoms with van der Waals surface area (Å²) >= 11 is 0.776. The smallest absolute Gasteiger partial charge is 0.411 e. The second kappa shape index (κ2) is 10.5. The fourth-order valence-electron chi connectivity index (χ4n) is 2.17. The number of hydrogen-bond donors (Lipinski definition) is 0. The third-order valence-electron chi connectivity index (χ3n) is 3.74. The van der Waals surface area contributed by atoms with Gasteiger partial charge in [-0.15, -0.1) is 0 Å². The molecule has 0 saturated heterocycles. The van der Waals surface area contributed by atoms with E-state index in [1.807, 2.05) is 13.8 Å². The Morgan fingerprint density at radius 2 is 1.88 bits per heavy atom. The number of allylic oxidation sites excluding steroid dienone is 1. The molecule has 140 valence electrons. The Balaban J connectivity index is 2.80. The molecule has 0 heterocycles. The fraction of sp³-hybridized carbons (Fsp3) is 0.526. The topological polar surface area (TPSA) is 26.3 Å². The number of rotatable bonds is 9. The van der Waals surface area contributed by atoms with Gasteiger partial charge in [0.25, 0.3) is 0 Å². The van der Waals surface area contributed by atoms with Crippen molar-refractivity contribution in [1.82, 2.24) is 0 Å². The van der Waals surface area contributed by atoms with Gasteiger partial charge in [-0.3, -0.25) is 0 Å². The van der Waals surface area contributed by atoms with Crippen LogP contribution in [0.4, 0.5) is 13.2 Å². The van der Waals surface area contributed by atoms with Crippen LogP contribution in [0.3, 0.4) is 0 Å². The maximum atomic E-state index is 12.8. The molecule has 0 amide bonds. The summed E-state index contributed by atoms with van der Waals surface area (Å²) in [4.78, 5) is 12.3. The van der Waals surface area contributed by atoms with Crippen LogP contribution < -0.4 is 0 Å². The normalized spacial score (nSPS) is 13.6. The van der Waals surface area contributed by atoms with E-state index in [0.29, 0.717) is 4.90 Å². The van der Waals surface area contributed by atoms with Crippen molar-refractivity contribution in [2.75, 3.05) is 6.61 Å². The van der Waals surface area contributed by atoms with Crippen LogP contribution in [0.5, 0.6) is 0 Å². The predicted octanol–water partition coefficient (Wildman–Crippen LogP) is 6.29. The summed E-state index contributed by atoms with van der Waals surface area (Å²) in [6.45, 7) is 6.10. The minimum absolute atomic E-state index is 0.0207. The van der Waals surface area contributed by atoms with Gasteiger partial charge in [-0.25, -0.2) is 4.79 Å². The highest BCUT2D eigenvalue weighted by Crippen LogP contribution is 2.32. The van der Waals surface area contributed by atoms with Crippen molar-refractivity contribution in [2.24, 2.45) is 5.92 Å². The van der Waals surface area contributed by atoms with Gasteiger partial charge in [0.2, 0.25) is 0 Å². The Morgan fingerprint density at radius 1 is 1.24 bits per heavy atom. The molecule has 0 aliphatic heterocycles. The number of hydrogen-bond acceptors (Lipinski definition) is 3. The lowest BCUT2D eigenvalue weighted by atomic mass is 10.0. The van der Waals surface area contributed by atoms with E-state index < -0.39 is 17.1 Å². The number of alkyl halides is 3. The second-order valence-corrected chi connectivity index (χ2v) is 7.10. The van der Waals surface area contributed by atoms with Gasteiger partial charge in [-0.05, 0) is 31.4 Å². The van der Waals surface area contributed by atoms with Crippen LogP contribution in [-0.4, -0.2) is 18.8 Å². The summed E-state index contributed by atoms with van der Waals surface area (Å²) < 4.78 is 43.5. The van der Waals surface area contributed by atoms with E-state index in [1.54, 1.807) is 24.3 Å². The van der Waals surface area contributed by atoms with E-state index in [-0.39, 0.29) is 18.6 Å². The molecule has 0 aliphatic rings. The zero-order valence-corrected chi connectivity index (χ0v) is 15.7. The first-order chi connectivity index (χ1) is 11.7. The van der Waals surface area contributed by atoms with Crippen LogP contribution in [0.25, 0.3) is 0 Å². The fourth-order valence-corrected chi connectivity index (χ4v) is 3.04. The second-order valence-electron chi connectivity index (χ2n) is 5.98. The minimum Gasteiger partial charge on any atom is -0.461 e. The molecule has 0 radical (unpaired) electrons. The summed E-state index contributed by atoms with van der Waals surface area (Å²) in [6.07, 6.45) is -0.766. The molecule has 0 aliphatic carbocycles. The van der Waals surface area contributed by atoms with Gasteiger partial charge in [0.1, 0.15) is 4.91 Å². The number of unbranched alkanes of at least 4 members (excludes halogenated alkanes) is 1. The van der Waals surface area contributed by atoms with Crippen LogP contribution in [-0.2, 0) is 9.53 Å². The third kappa shape index (κ3) is 9.00. The lowest BCUT2D eigenvalue weighted by Crippen LogP contribution is -2.16. The van der Waals surface area contributed by atoms with Crippen molar-refractivity contribution in [1.29, 1.82) is 0 Å². The van der Waals surface area contributed by atoms with E-state index >= 15 is 0 Å². The Kier molecular flexibility index (Phi) is 9.11. The van der Waals surface area contributed by atoms with Crippen LogP contribution in [0.2, 0.25) is 0 Å². The highest BCUT2D eigenvalue weighted by Gasteiger charge is 2.28. The van der Waals surface area contributed by atoms with E-state index in [1.165, 1.54) is 0 Å². The number of carbonyl (C=O) groups excluding carboxylic acids is 1. The van der Waals surface area contributed by atoms with Gasteiger partial charge < -0.3 is 4.74 Å². The third-order valence-corrected chi connectivity index (χ3v) is 4.75. The van der Waals surface area contributed by atoms with Gasteiger partial charge in [0, 0.05) is 11.0 Å². The molecule has 1 atom stereocenters. The van der Waals surface area contributed by atoms with Crippen molar-refractivity contribution in [3.05, 3.63) is 40.8 Å². The van der Waals surface area contributed by atoms with Crippen LogP contribution >= 0.6 is 11.8 Å². The average molecular weight is 374 g/mol. The zero-order valence-electron chi connectivity index (χ0n) is 14.9. The molecule has 0 saturated carbocycles. The highest BCUT2D eigenvalue weighted by atomic mass is 32.2. The molecular formula is C19H25F3O2S. The Bertz CT molecular complexity index is 565. The number of benzene rings is 1. The van der Waals surface area contributed by atoms with Crippen LogP contribution in [0.1, 0.15) is 45.1 Å². The Labute approximate surface area is 151 Å². The lowest BCUT2D eigenvalue weighted by molar-refractivity contribution is -0.140. The highest BCUT2D eigenvalue weighted by molar-refractivity contribution is 8.04. The standard InChI is InChI=1S/C19H25F3O2S/c1-4-6-7-15(5-2)13-24-18(23)17(12-19(20,21)22)25-16-10-8-14(3)9-11-16/h8-12,15H,4-7,13H2,1-3H3/b17-12+. The Morgan fingerprint density at radius 3 is 2.40 bits per heavy atom. The average Bonchev–Trinajstić information content (AvgIpc) is 2.55. The molecule has 0 fully saturated rings. The van der Waals surface area contributed by atoms with Gasteiger partial charge in [-0.2, -0.15) is 13.2 Å². The van der Waals surface area contributed by atoms with Crippen molar-refractivity contribution in [3.63, 3.8) is 0 Å². The first-order valence-corrected chi connectivity index (χ1v) is 9.28. The van der Waals surface area contributed by atoms with Crippen LogP contribution in [0.15, 0.2) is 40.1 Å². The molecule has 1 rings (SSSR count). The van der Waals surface area contributed by atoms with Crippen molar-refractivity contribution >= 4 is 17.7 Å². The monoisotopic (exact) mass is 374 g/mol. The molecule has 1 unspecified atom stereocenters. The van der Waals surface area contributed by atoms with Crippen molar-refractivity contribution in [2.45, 2.75) is 57.5 Å². The molecule has 1 aromatic carbocycles. The first-order valence-electron chi connectivity index (χ1n) is 8.46. The number of esters is 1. The first kappa shape index (κ1) is 21.6. The van der Waals surface area contributed by atoms with E-state index in [2.05, 4.69) is 6.92 Å². The van der Waals surface area contributed by atoms with Crippen LogP contribution in [0, 0.1) is 12.8 Å². The molecule has 0 N–H and O–H groups in total. The molecule has 1 aromatic rings. The number of aryl methyl sites for hydroxylation is 1. The van der Waals surface area contributed by atoms with Gasteiger partial charge in [-0.1, -0.05) is 62.6 Å². The summed E-state index contributed by atoms with van der Waals surface area (Å²) in [5.74, 6) is -0.738. The van der Waals surface area contributed by atoms with E-state index in [9.17, 15) is 18.0 Å². The van der Waals surface area contributed by atoms with E-state index in [4.69, 9.17) is 4.74 Å². The molecular weight excluding hydrogens is 349 g/mol. The zero-order chi connectivity index (χ0) is 18.9. The Hall–Kier alpha value is -1.43. The summed E-state index contributed by atoms with van der Waals surface area (Å²) in [5.41, 5.74) is 0.995. The number of ether oxygens (including phenoxy) is 1. The SMILES string of the molecule is CCCCC(CC)COC(=O)/C(=C\C(F)(F)F)Sc1ccc(C)cc1. The number of halogens is 3. The molecule has 0 spiro atoms. The largest absolute Gasteiger partial charge is 0.461 e. The predicted molar refractivity (Wildman–Crippen MR) is 95.4 cm³/mol. The lowest BCUT2D eigenvalue weighted by Gasteiger charge is -2.16. The molecule has 6 heteroatoms. The van der Waals surface area contributed by atoms with Gasteiger partial charge in [0.15, 0.2) is 0 Å². The molecule has 2 nitrogen and oxygen atoms in total. The van der Waals surface area contributed by atoms with Gasteiger partial charge in [0.05, 0.1) is 6.61 Å². The van der Waals surface area contributed by atoms with Crippen molar-refractivity contribution < 1.29 is 22.7 Å². The summed E-state index contributed by atoms with van der Waals surface area (Å²) in [6, 6.07) is 6.95. The van der Waals surface area contributed by atoms with Gasteiger partial charge >= 0.3 is 12.1 Å². The van der Waals surface area contributed by atoms with E-state index in [0.717, 1.165) is 43.0 Å². The molecule has 25 heavy (non-hydrogen) atoms. The summed E-state index contributed by atoms with van der Waals surface area (Å²) in [5, 5.41) is 0. The van der Waals surface area contributed by atoms with Crippen molar-refractivity contribution in [3.8, 4) is 0 Å². The number of carbonyl (C=O) groups is 1. The maximum absolute atomic E-state index is 12.8. The maximum Gasteiger partial charge on any atom is 0.411 e. The molecule has 0 aromatic heterocycles. The summed E-state index contributed by atoms with van der Waals surface area (Å²) in [7, 11) is 0. The quantitative estimate of drug-likeness (QED) is 0.288. The minimum atomic E-state index is -4.57. The number of thioether (sulfide) groups is 1.